The number of imidazole rings is 1. The van der Waals surface area contributed by atoms with Gasteiger partial charge in [0.1, 0.15) is 5.15 Å². The predicted molar refractivity (Wildman–Crippen MR) is 159 cm³/mol. The first-order valence-electron chi connectivity index (χ1n) is 12.9. The van der Waals surface area contributed by atoms with Crippen molar-refractivity contribution < 1.29 is 5.11 Å². The summed E-state index contributed by atoms with van der Waals surface area (Å²) in [7, 11) is 1.87. The Hall–Kier alpha value is -3.97. The summed E-state index contributed by atoms with van der Waals surface area (Å²) >= 11 is 13.8. The number of hydrogen-bond acceptors (Lipinski definition) is 4. The fourth-order valence-electron chi connectivity index (χ4n) is 5.23. The molecule has 3 heterocycles. The van der Waals surface area contributed by atoms with Crippen molar-refractivity contribution in [3.05, 3.63) is 141 Å². The van der Waals surface area contributed by atoms with Crippen molar-refractivity contribution in [3.8, 4) is 5.69 Å². The van der Waals surface area contributed by atoms with E-state index in [-0.39, 0.29) is 0 Å². The van der Waals surface area contributed by atoms with Gasteiger partial charge < -0.3 is 9.67 Å². The van der Waals surface area contributed by atoms with Gasteiger partial charge in [0.2, 0.25) is 0 Å². The molecule has 6 nitrogen and oxygen atoms in total. The minimum atomic E-state index is -1.47. The minimum absolute atomic E-state index is 0.366. The largest absolute Gasteiger partial charge is 0.374 e. The van der Waals surface area contributed by atoms with E-state index in [9.17, 15) is 5.11 Å². The van der Waals surface area contributed by atoms with Crippen LogP contribution in [0.15, 0.2) is 91.6 Å². The van der Waals surface area contributed by atoms with Crippen molar-refractivity contribution in [1.82, 2.24) is 24.3 Å². The molecule has 40 heavy (non-hydrogen) atoms. The molecule has 3 aromatic carbocycles. The van der Waals surface area contributed by atoms with Crippen molar-refractivity contribution >= 4 is 34.1 Å². The van der Waals surface area contributed by atoms with Crippen LogP contribution in [-0.4, -0.2) is 29.4 Å². The number of aromatic nitrogens is 5. The number of hydrogen-bond donors (Lipinski definition) is 1. The Morgan fingerprint density at radius 1 is 0.950 bits per heavy atom. The molecule has 1 atom stereocenters. The zero-order valence-electron chi connectivity index (χ0n) is 22.3. The molecule has 0 fully saturated rings. The highest BCUT2D eigenvalue weighted by molar-refractivity contribution is 6.39. The maximum atomic E-state index is 12.5. The van der Waals surface area contributed by atoms with Gasteiger partial charge >= 0.3 is 0 Å². The summed E-state index contributed by atoms with van der Waals surface area (Å²) in [5, 5.41) is 18.4. The van der Waals surface area contributed by atoms with Crippen LogP contribution in [0.3, 0.4) is 0 Å². The van der Waals surface area contributed by atoms with E-state index in [4.69, 9.17) is 28.2 Å². The third-order valence-corrected chi connectivity index (χ3v) is 8.17. The first-order chi connectivity index (χ1) is 19.3. The smallest absolute Gasteiger partial charge is 0.156 e. The number of halogens is 2. The number of rotatable bonds is 6. The Balaban J connectivity index is 1.48. The molecule has 1 unspecified atom stereocenters. The monoisotopic (exact) mass is 567 g/mol. The summed E-state index contributed by atoms with van der Waals surface area (Å²) in [4.78, 5) is 9.04. The molecule has 0 radical (unpaired) electrons. The molecule has 0 saturated heterocycles. The Bertz CT molecular complexity index is 1830. The van der Waals surface area contributed by atoms with Gasteiger partial charge in [-0.2, -0.15) is 5.10 Å². The fourth-order valence-corrected chi connectivity index (χ4v) is 5.82. The number of nitrogens with zero attached hydrogens (tertiary/aromatic N) is 5. The van der Waals surface area contributed by atoms with Crippen LogP contribution in [0.2, 0.25) is 10.2 Å². The van der Waals surface area contributed by atoms with Crippen LogP contribution in [0.1, 0.15) is 39.1 Å². The lowest BCUT2D eigenvalue weighted by atomic mass is 9.82. The predicted octanol–water partition coefficient (Wildman–Crippen LogP) is 6.95. The van der Waals surface area contributed by atoms with Gasteiger partial charge in [-0.25, -0.2) is 14.6 Å². The second-order valence-corrected chi connectivity index (χ2v) is 10.9. The maximum absolute atomic E-state index is 12.5. The molecule has 0 saturated carbocycles. The van der Waals surface area contributed by atoms with Gasteiger partial charge in [0, 0.05) is 36.8 Å². The molecule has 8 heteroatoms. The molecule has 200 valence electrons. The molecule has 0 amide bonds. The summed E-state index contributed by atoms with van der Waals surface area (Å²) in [5.41, 5.74) is 5.99. The second-order valence-electron chi connectivity index (χ2n) is 10.1. The highest BCUT2D eigenvalue weighted by Gasteiger charge is 2.37. The number of aliphatic hydroxyl groups is 1. The van der Waals surface area contributed by atoms with E-state index in [2.05, 4.69) is 10.1 Å². The topological polar surface area (TPSA) is 68.8 Å². The molecule has 6 aromatic rings. The average Bonchev–Trinajstić information content (AvgIpc) is 3.64. The van der Waals surface area contributed by atoms with E-state index in [1.807, 2.05) is 103 Å². The molecule has 3 aromatic heterocycles. The fraction of sp³-hybridized carbons (Fsp3) is 0.156. The van der Waals surface area contributed by atoms with Crippen molar-refractivity contribution in [2.75, 3.05) is 0 Å². The summed E-state index contributed by atoms with van der Waals surface area (Å²) < 4.78 is 3.64. The molecule has 0 aliphatic heterocycles. The molecular weight excluding hydrogens is 541 g/mol. The third-order valence-electron chi connectivity index (χ3n) is 7.42. The van der Waals surface area contributed by atoms with E-state index in [1.165, 1.54) is 0 Å². The van der Waals surface area contributed by atoms with E-state index >= 15 is 0 Å². The lowest BCUT2D eigenvalue weighted by Gasteiger charge is -2.30. The number of pyridine rings is 1. The van der Waals surface area contributed by atoms with Gasteiger partial charge in [-0.15, -0.1) is 0 Å². The zero-order valence-corrected chi connectivity index (χ0v) is 23.8. The van der Waals surface area contributed by atoms with E-state index in [0.717, 1.165) is 38.9 Å². The molecule has 1 N–H and O–H groups in total. The summed E-state index contributed by atoms with van der Waals surface area (Å²) in [5.74, 6) is 0. The van der Waals surface area contributed by atoms with Crippen LogP contribution in [0.5, 0.6) is 0 Å². The molecule has 0 spiro atoms. The van der Waals surface area contributed by atoms with Crippen molar-refractivity contribution in [3.63, 3.8) is 0 Å². The number of fused-ring (bicyclic) bond motifs is 1. The first kappa shape index (κ1) is 26.3. The maximum Gasteiger partial charge on any atom is 0.156 e. The lowest BCUT2D eigenvalue weighted by molar-refractivity contribution is 0.117. The van der Waals surface area contributed by atoms with Gasteiger partial charge in [-0.05, 0) is 60.4 Å². The van der Waals surface area contributed by atoms with Gasteiger partial charge in [0.25, 0.3) is 0 Å². The molecule has 6 rings (SSSR count). The molecule has 0 aliphatic carbocycles. The average molecular weight is 569 g/mol. The zero-order chi connectivity index (χ0) is 28.0. The van der Waals surface area contributed by atoms with Crippen molar-refractivity contribution in [2.24, 2.45) is 7.05 Å². The minimum Gasteiger partial charge on any atom is -0.374 e. The van der Waals surface area contributed by atoms with Crippen LogP contribution >= 0.6 is 23.2 Å². The first-order valence-corrected chi connectivity index (χ1v) is 13.7. The van der Waals surface area contributed by atoms with Crippen molar-refractivity contribution in [1.29, 1.82) is 0 Å². The Morgan fingerprint density at radius 3 is 2.35 bits per heavy atom. The van der Waals surface area contributed by atoms with Gasteiger partial charge in [0.05, 0.1) is 34.4 Å². The normalized spacial score (nSPS) is 13.1. The van der Waals surface area contributed by atoms with Crippen LogP contribution in [0.4, 0.5) is 0 Å². The quantitative estimate of drug-likeness (QED) is 0.221. The van der Waals surface area contributed by atoms with Crippen LogP contribution in [0, 0.1) is 13.8 Å². The molecule has 0 bridgehead atoms. The third kappa shape index (κ3) is 4.48. The number of benzene rings is 3. The Labute approximate surface area is 242 Å². The van der Waals surface area contributed by atoms with Gasteiger partial charge in [-0.3, -0.25) is 0 Å². The van der Waals surface area contributed by atoms with Crippen LogP contribution in [0.25, 0.3) is 16.6 Å². The van der Waals surface area contributed by atoms with Gasteiger partial charge in [0.15, 0.2) is 5.60 Å². The number of aryl methyl sites for hydroxylation is 3. The highest BCUT2D eigenvalue weighted by atomic mass is 35.5. The second kappa shape index (κ2) is 10.2. The SMILES string of the molecule is Cc1ccc(C(O)(c2cc(C)c3nc(Cl)c(Cc4ccc(-n5cccn5)cc4)c(Cl)c3c2)c2cncn2C)cc1. The lowest BCUT2D eigenvalue weighted by Crippen LogP contribution is -2.31. The standard InChI is InChI=1S/C32H27Cl2N5O/c1-20-5-9-23(10-6-20)32(40,28-18-35-19-38(28)3)24-15-21(2)30-26(17-24)29(33)27(31(34)37-30)16-22-7-11-25(12-8-22)39-14-4-13-36-39/h4-15,17-19,40H,16H2,1-3H3. The summed E-state index contributed by atoms with van der Waals surface area (Å²) in [6.45, 7) is 3.98. The van der Waals surface area contributed by atoms with E-state index in [0.29, 0.717) is 33.4 Å². The van der Waals surface area contributed by atoms with Crippen molar-refractivity contribution in [2.45, 2.75) is 25.9 Å². The summed E-state index contributed by atoms with van der Waals surface area (Å²) in [6, 6.07) is 21.7. The van der Waals surface area contributed by atoms with E-state index in [1.54, 1.807) is 18.7 Å². The van der Waals surface area contributed by atoms with Crippen LogP contribution < -0.4 is 0 Å². The molecular formula is C32H27Cl2N5O. The Kier molecular flexibility index (Phi) is 6.70. The van der Waals surface area contributed by atoms with E-state index < -0.39 is 5.60 Å². The Morgan fingerprint density at radius 2 is 1.70 bits per heavy atom. The highest BCUT2D eigenvalue weighted by Crippen LogP contribution is 2.41. The molecule has 0 aliphatic rings. The van der Waals surface area contributed by atoms with Gasteiger partial charge in [-0.1, -0.05) is 71.2 Å². The summed E-state index contributed by atoms with van der Waals surface area (Å²) in [6.07, 6.45) is 7.54. The van der Waals surface area contributed by atoms with Crippen LogP contribution in [-0.2, 0) is 19.1 Å².